The van der Waals surface area contributed by atoms with Crippen LogP contribution in [0.2, 0.25) is 0 Å². The fraction of sp³-hybridized carbons (Fsp3) is 0.583. The average molecular weight is 268 g/mol. The molecule has 0 bridgehead atoms. The lowest BCUT2D eigenvalue weighted by Crippen LogP contribution is -2.15. The van der Waals surface area contributed by atoms with Gasteiger partial charge in [0.25, 0.3) is 0 Å². The third-order valence-electron chi connectivity index (χ3n) is 3.28. The van der Waals surface area contributed by atoms with Crippen LogP contribution in [-0.4, -0.2) is 31.5 Å². The number of aromatic nitrogens is 2. The molecule has 1 aromatic heterocycles. The van der Waals surface area contributed by atoms with Gasteiger partial charge in [-0.2, -0.15) is 0 Å². The Morgan fingerprint density at radius 1 is 1.39 bits per heavy atom. The van der Waals surface area contributed by atoms with Crippen molar-refractivity contribution >= 4 is 16.8 Å². The molecule has 1 fully saturated rings. The quantitative estimate of drug-likeness (QED) is 0.848. The number of rotatable bonds is 3. The Labute approximate surface area is 108 Å². The summed E-state index contributed by atoms with van der Waals surface area (Å²) in [5.74, 6) is -0.848. The van der Waals surface area contributed by atoms with E-state index < -0.39 is 16.8 Å². The number of carbonyl (C=O) groups is 1. The fourth-order valence-corrected chi connectivity index (χ4v) is 2.80. The van der Waals surface area contributed by atoms with Crippen molar-refractivity contribution < 1.29 is 14.1 Å². The Bertz CT molecular complexity index is 484. The van der Waals surface area contributed by atoms with Gasteiger partial charge in [-0.05, 0) is 12.8 Å². The predicted molar refractivity (Wildman–Crippen MR) is 67.1 cm³/mol. The van der Waals surface area contributed by atoms with Gasteiger partial charge in [0.05, 0.1) is 22.1 Å². The van der Waals surface area contributed by atoms with Gasteiger partial charge < -0.3 is 5.11 Å². The molecule has 1 heterocycles. The van der Waals surface area contributed by atoms with Crippen LogP contribution in [0, 0.1) is 0 Å². The van der Waals surface area contributed by atoms with E-state index in [0.717, 1.165) is 25.7 Å². The van der Waals surface area contributed by atoms with Crippen molar-refractivity contribution in [2.24, 2.45) is 0 Å². The average Bonchev–Trinajstić information content (AvgIpc) is 2.39. The zero-order valence-corrected chi connectivity index (χ0v) is 11.1. The molecule has 1 aromatic rings. The van der Waals surface area contributed by atoms with E-state index in [2.05, 4.69) is 9.97 Å². The maximum atomic E-state index is 11.4. The van der Waals surface area contributed by atoms with Crippen LogP contribution in [0.3, 0.4) is 0 Å². The Kier molecular flexibility index (Phi) is 4.06. The zero-order chi connectivity index (χ0) is 13.1. The van der Waals surface area contributed by atoms with Gasteiger partial charge in [0.2, 0.25) is 5.16 Å². The topological polar surface area (TPSA) is 80.2 Å². The molecule has 1 N–H and O–H groups in total. The van der Waals surface area contributed by atoms with Crippen molar-refractivity contribution in [2.75, 3.05) is 6.26 Å². The highest BCUT2D eigenvalue weighted by Crippen LogP contribution is 2.33. The Hall–Kier alpha value is -1.30. The van der Waals surface area contributed by atoms with E-state index in [-0.39, 0.29) is 16.6 Å². The van der Waals surface area contributed by atoms with Crippen LogP contribution in [0.25, 0.3) is 0 Å². The Morgan fingerprint density at radius 3 is 2.61 bits per heavy atom. The van der Waals surface area contributed by atoms with Gasteiger partial charge in [0.15, 0.2) is 0 Å². The maximum absolute atomic E-state index is 11.4. The van der Waals surface area contributed by atoms with Gasteiger partial charge in [-0.1, -0.05) is 19.3 Å². The summed E-state index contributed by atoms with van der Waals surface area (Å²) in [4.78, 5) is 19.3. The molecule has 1 unspecified atom stereocenters. The normalized spacial score (nSPS) is 18.5. The zero-order valence-electron chi connectivity index (χ0n) is 10.3. The summed E-state index contributed by atoms with van der Waals surface area (Å²) in [5.41, 5.74) is 0.707. The molecule has 0 aliphatic heterocycles. The van der Waals surface area contributed by atoms with Gasteiger partial charge in [0, 0.05) is 18.4 Å². The van der Waals surface area contributed by atoms with Gasteiger partial charge in [-0.25, -0.2) is 14.8 Å². The van der Waals surface area contributed by atoms with E-state index >= 15 is 0 Å². The SMILES string of the molecule is CS(=O)c1ncc(C(=O)O)c(C2CCCCC2)n1. The number of nitrogens with zero attached hydrogens (tertiary/aromatic N) is 2. The van der Waals surface area contributed by atoms with Crippen molar-refractivity contribution in [3.8, 4) is 0 Å². The van der Waals surface area contributed by atoms with Gasteiger partial charge in [0.1, 0.15) is 0 Å². The molecule has 0 spiro atoms. The first kappa shape index (κ1) is 13.1. The van der Waals surface area contributed by atoms with E-state index in [9.17, 15) is 9.00 Å². The lowest BCUT2D eigenvalue weighted by Gasteiger charge is -2.22. The highest BCUT2D eigenvalue weighted by atomic mass is 32.2. The van der Waals surface area contributed by atoms with E-state index in [4.69, 9.17) is 5.11 Å². The van der Waals surface area contributed by atoms with Crippen LogP contribution in [0.15, 0.2) is 11.4 Å². The summed E-state index contributed by atoms with van der Waals surface area (Å²) in [7, 11) is -1.28. The lowest BCUT2D eigenvalue weighted by atomic mass is 9.85. The Morgan fingerprint density at radius 2 is 2.06 bits per heavy atom. The van der Waals surface area contributed by atoms with E-state index in [0.29, 0.717) is 5.69 Å². The van der Waals surface area contributed by atoms with Gasteiger partial charge in [-0.15, -0.1) is 0 Å². The van der Waals surface area contributed by atoms with E-state index in [1.807, 2.05) is 0 Å². The van der Waals surface area contributed by atoms with Gasteiger partial charge in [-0.3, -0.25) is 4.21 Å². The summed E-state index contributed by atoms with van der Waals surface area (Å²) in [6.45, 7) is 0. The largest absolute Gasteiger partial charge is 0.478 e. The van der Waals surface area contributed by atoms with Crippen molar-refractivity contribution in [3.63, 3.8) is 0 Å². The molecule has 5 nitrogen and oxygen atoms in total. The molecule has 6 heteroatoms. The number of carboxylic acids is 1. The molecule has 1 aliphatic rings. The molecule has 1 atom stereocenters. The fourth-order valence-electron chi connectivity index (χ4n) is 2.37. The minimum Gasteiger partial charge on any atom is -0.478 e. The monoisotopic (exact) mass is 268 g/mol. The van der Waals surface area contributed by atoms with Crippen LogP contribution in [0.1, 0.15) is 54.1 Å². The van der Waals surface area contributed by atoms with Crippen molar-refractivity contribution in [1.82, 2.24) is 9.97 Å². The summed E-state index contributed by atoms with van der Waals surface area (Å²) in [6.07, 6.45) is 8.07. The maximum Gasteiger partial charge on any atom is 0.339 e. The van der Waals surface area contributed by atoms with Gasteiger partial charge >= 0.3 is 5.97 Å². The van der Waals surface area contributed by atoms with Crippen molar-refractivity contribution in [3.05, 3.63) is 17.5 Å². The third-order valence-corrected chi connectivity index (χ3v) is 3.99. The minimum absolute atomic E-state index is 0.149. The molecule has 98 valence electrons. The van der Waals surface area contributed by atoms with Crippen LogP contribution < -0.4 is 0 Å². The second-order valence-corrected chi connectivity index (χ2v) is 5.82. The van der Waals surface area contributed by atoms with Crippen LogP contribution >= 0.6 is 0 Å². The summed E-state index contributed by atoms with van der Waals surface area (Å²) < 4.78 is 11.4. The minimum atomic E-state index is -1.28. The second kappa shape index (κ2) is 5.56. The molecular weight excluding hydrogens is 252 g/mol. The molecule has 2 rings (SSSR count). The molecule has 1 aliphatic carbocycles. The van der Waals surface area contributed by atoms with E-state index in [1.165, 1.54) is 18.9 Å². The molecule has 0 amide bonds. The first-order chi connectivity index (χ1) is 8.59. The van der Waals surface area contributed by atoms with E-state index in [1.54, 1.807) is 0 Å². The number of carboxylic acid groups (broad SMARTS) is 1. The molecule has 18 heavy (non-hydrogen) atoms. The number of hydrogen-bond acceptors (Lipinski definition) is 4. The summed E-state index contributed by atoms with van der Waals surface area (Å²) in [5, 5.41) is 9.39. The summed E-state index contributed by atoms with van der Waals surface area (Å²) >= 11 is 0. The first-order valence-electron chi connectivity index (χ1n) is 6.03. The number of hydrogen-bond donors (Lipinski definition) is 1. The first-order valence-corrected chi connectivity index (χ1v) is 7.59. The van der Waals surface area contributed by atoms with Crippen molar-refractivity contribution in [1.29, 1.82) is 0 Å². The highest BCUT2D eigenvalue weighted by molar-refractivity contribution is 7.84. The second-order valence-electron chi connectivity index (χ2n) is 4.55. The Balaban J connectivity index is 2.42. The molecule has 1 saturated carbocycles. The lowest BCUT2D eigenvalue weighted by molar-refractivity contribution is 0.0693. The molecular formula is C12H16N2O3S. The van der Waals surface area contributed by atoms with Crippen LogP contribution in [-0.2, 0) is 10.8 Å². The third kappa shape index (κ3) is 2.75. The van der Waals surface area contributed by atoms with Crippen LogP contribution in [0.5, 0.6) is 0 Å². The molecule has 0 saturated heterocycles. The number of aromatic carboxylic acids is 1. The molecule has 0 radical (unpaired) electrons. The molecule has 0 aromatic carbocycles. The summed E-state index contributed by atoms with van der Waals surface area (Å²) in [6, 6.07) is 0. The smallest absolute Gasteiger partial charge is 0.339 e. The standard InChI is InChI=1S/C12H16N2O3S/c1-18(17)12-13-7-9(11(15)16)10(14-12)8-5-3-2-4-6-8/h7-8H,2-6H2,1H3,(H,15,16). The van der Waals surface area contributed by atoms with Crippen LogP contribution in [0.4, 0.5) is 0 Å². The van der Waals surface area contributed by atoms with Crippen molar-refractivity contribution in [2.45, 2.75) is 43.2 Å². The predicted octanol–water partition coefficient (Wildman–Crippen LogP) is 1.96. The highest BCUT2D eigenvalue weighted by Gasteiger charge is 2.24.